The SMILES string of the molecule is Cc1ccc(S(=O)(/C=C/[C@@H](C)[C@@H](O)c2ccccc2)=N[C@H](CO)C(C)C)cc1. The molecule has 0 aliphatic rings. The zero-order valence-corrected chi connectivity index (χ0v) is 17.8. The summed E-state index contributed by atoms with van der Waals surface area (Å²) < 4.78 is 18.3. The first kappa shape index (κ1) is 22.3. The fourth-order valence-electron chi connectivity index (χ4n) is 2.76. The predicted octanol–water partition coefficient (Wildman–Crippen LogP) is 4.72. The monoisotopic (exact) mass is 401 g/mol. The molecule has 28 heavy (non-hydrogen) atoms. The first-order chi connectivity index (χ1) is 13.3. The number of nitrogens with zero attached hydrogens (tertiary/aromatic N) is 1. The highest BCUT2D eigenvalue weighted by Gasteiger charge is 2.19. The number of hydrogen-bond donors (Lipinski definition) is 2. The summed E-state index contributed by atoms with van der Waals surface area (Å²) in [4.78, 5) is 0.606. The molecule has 0 radical (unpaired) electrons. The molecule has 0 saturated carbocycles. The molecule has 4 nitrogen and oxygen atoms in total. The van der Waals surface area contributed by atoms with Crippen molar-refractivity contribution < 1.29 is 14.4 Å². The van der Waals surface area contributed by atoms with Crippen molar-refractivity contribution >= 4 is 9.73 Å². The van der Waals surface area contributed by atoms with Crippen molar-refractivity contribution in [3.63, 3.8) is 0 Å². The minimum atomic E-state index is -2.88. The molecule has 152 valence electrons. The molecule has 4 atom stereocenters. The highest BCUT2D eigenvalue weighted by atomic mass is 32.2. The highest BCUT2D eigenvalue weighted by molar-refractivity contribution is 7.96. The van der Waals surface area contributed by atoms with E-state index in [0.29, 0.717) is 4.90 Å². The van der Waals surface area contributed by atoms with Gasteiger partial charge < -0.3 is 10.2 Å². The largest absolute Gasteiger partial charge is 0.394 e. The molecular formula is C23H31NO3S. The smallest absolute Gasteiger partial charge is 0.0969 e. The summed E-state index contributed by atoms with van der Waals surface area (Å²) in [7, 11) is -2.88. The Balaban J connectivity index is 2.42. The standard InChI is InChI=1S/C23H31NO3S/c1-17(2)22(16-25)24-28(27,21-12-10-18(3)11-13-21)15-14-19(4)23(26)20-8-6-5-7-9-20/h5-15,17,19,22-23,25-26H,16H2,1-4H3/b15-14+/t19-,22-,23-,28?/m1/s1. The maximum absolute atomic E-state index is 13.8. The molecule has 0 spiro atoms. The van der Waals surface area contributed by atoms with E-state index in [4.69, 9.17) is 0 Å². The third-order valence-corrected chi connectivity index (χ3v) is 6.87. The number of aliphatic hydroxyl groups is 2. The maximum atomic E-state index is 13.8. The third-order valence-electron chi connectivity index (χ3n) is 4.81. The molecule has 5 heteroatoms. The third kappa shape index (κ3) is 5.77. The Morgan fingerprint density at radius 2 is 1.64 bits per heavy atom. The van der Waals surface area contributed by atoms with E-state index in [1.807, 2.05) is 82.3 Å². The van der Waals surface area contributed by atoms with Gasteiger partial charge >= 0.3 is 0 Å². The van der Waals surface area contributed by atoms with Crippen LogP contribution in [0.5, 0.6) is 0 Å². The van der Waals surface area contributed by atoms with Crippen molar-refractivity contribution in [2.75, 3.05) is 6.61 Å². The number of aryl methyl sites for hydroxylation is 1. The molecule has 2 rings (SSSR count). The predicted molar refractivity (Wildman–Crippen MR) is 115 cm³/mol. The molecule has 0 heterocycles. The molecule has 0 aliphatic carbocycles. The van der Waals surface area contributed by atoms with E-state index >= 15 is 0 Å². The summed E-state index contributed by atoms with van der Waals surface area (Å²) in [5.41, 5.74) is 1.89. The molecule has 0 fully saturated rings. The average Bonchev–Trinajstić information content (AvgIpc) is 2.70. The average molecular weight is 402 g/mol. The topological polar surface area (TPSA) is 69.9 Å². The molecule has 1 unspecified atom stereocenters. The van der Waals surface area contributed by atoms with E-state index in [2.05, 4.69) is 4.36 Å². The van der Waals surface area contributed by atoms with Crippen LogP contribution in [0.25, 0.3) is 0 Å². The van der Waals surface area contributed by atoms with Crippen LogP contribution < -0.4 is 0 Å². The minimum absolute atomic E-state index is 0.0667. The van der Waals surface area contributed by atoms with E-state index in [1.165, 1.54) is 0 Å². The van der Waals surface area contributed by atoms with Crippen LogP contribution in [-0.4, -0.2) is 27.1 Å². The molecule has 0 bridgehead atoms. The van der Waals surface area contributed by atoms with E-state index in [-0.39, 0.29) is 18.4 Å². The minimum Gasteiger partial charge on any atom is -0.394 e. The van der Waals surface area contributed by atoms with Crippen molar-refractivity contribution in [2.24, 2.45) is 16.2 Å². The maximum Gasteiger partial charge on any atom is 0.0969 e. The van der Waals surface area contributed by atoms with Gasteiger partial charge in [-0.25, -0.2) is 8.57 Å². The lowest BCUT2D eigenvalue weighted by Crippen LogP contribution is -2.19. The van der Waals surface area contributed by atoms with Crippen molar-refractivity contribution in [3.8, 4) is 0 Å². The number of hydrogen-bond acceptors (Lipinski definition) is 4. The summed E-state index contributed by atoms with van der Waals surface area (Å²) in [6.07, 6.45) is 1.07. The Kier molecular flexibility index (Phi) is 7.98. The lowest BCUT2D eigenvalue weighted by Gasteiger charge is -2.18. The molecule has 0 aromatic heterocycles. The second-order valence-corrected chi connectivity index (χ2v) is 9.62. The molecule has 2 aromatic carbocycles. The quantitative estimate of drug-likeness (QED) is 0.672. The Bertz CT molecular complexity index is 882. The molecule has 0 aliphatic heterocycles. The van der Waals surface area contributed by atoms with Gasteiger partial charge in [0.05, 0.1) is 33.4 Å². The molecule has 2 N–H and O–H groups in total. The first-order valence-electron chi connectivity index (χ1n) is 9.62. The number of rotatable bonds is 8. The summed E-state index contributed by atoms with van der Waals surface area (Å²) in [5, 5.41) is 21.9. The van der Waals surface area contributed by atoms with Crippen molar-refractivity contribution in [3.05, 3.63) is 77.2 Å². The van der Waals surface area contributed by atoms with Gasteiger partial charge in [0.15, 0.2) is 0 Å². The zero-order valence-electron chi connectivity index (χ0n) is 17.0. The van der Waals surface area contributed by atoms with Crippen LogP contribution in [0.4, 0.5) is 0 Å². The molecule has 0 amide bonds. The highest BCUT2D eigenvalue weighted by Crippen LogP contribution is 2.25. The van der Waals surface area contributed by atoms with Crippen LogP contribution in [0.1, 0.15) is 38.0 Å². The van der Waals surface area contributed by atoms with Crippen molar-refractivity contribution in [2.45, 2.75) is 44.7 Å². The van der Waals surface area contributed by atoms with Gasteiger partial charge in [0.2, 0.25) is 0 Å². The van der Waals surface area contributed by atoms with Crippen LogP contribution in [-0.2, 0) is 9.73 Å². The van der Waals surface area contributed by atoms with E-state index in [1.54, 1.807) is 11.5 Å². The fourth-order valence-corrected chi connectivity index (χ4v) is 4.81. The lowest BCUT2D eigenvalue weighted by molar-refractivity contribution is 0.140. The molecule has 0 saturated heterocycles. The lowest BCUT2D eigenvalue weighted by atomic mass is 9.98. The van der Waals surface area contributed by atoms with Crippen molar-refractivity contribution in [1.29, 1.82) is 0 Å². The van der Waals surface area contributed by atoms with Crippen LogP contribution >= 0.6 is 0 Å². The number of benzene rings is 2. The van der Waals surface area contributed by atoms with Gasteiger partial charge in [-0.1, -0.05) is 74.9 Å². The molecule has 2 aromatic rings. The second kappa shape index (κ2) is 10.0. The van der Waals surface area contributed by atoms with E-state index in [9.17, 15) is 14.4 Å². The molecular weight excluding hydrogens is 370 g/mol. The zero-order chi connectivity index (χ0) is 20.7. The second-order valence-electron chi connectivity index (χ2n) is 7.52. The van der Waals surface area contributed by atoms with Crippen LogP contribution in [0.2, 0.25) is 0 Å². The van der Waals surface area contributed by atoms with Crippen LogP contribution in [0.15, 0.2) is 75.3 Å². The Labute approximate surface area is 169 Å². The van der Waals surface area contributed by atoms with Crippen molar-refractivity contribution in [1.82, 2.24) is 0 Å². The van der Waals surface area contributed by atoms with Gasteiger partial charge in [0, 0.05) is 11.3 Å². The van der Waals surface area contributed by atoms with Gasteiger partial charge in [-0.3, -0.25) is 0 Å². The van der Waals surface area contributed by atoms with E-state index in [0.717, 1.165) is 11.1 Å². The van der Waals surface area contributed by atoms with Crippen LogP contribution in [0.3, 0.4) is 0 Å². The fraction of sp³-hybridized carbons (Fsp3) is 0.391. The van der Waals surface area contributed by atoms with Gasteiger partial charge in [-0.05, 0) is 30.5 Å². The summed E-state index contributed by atoms with van der Waals surface area (Å²) in [6, 6.07) is 16.4. The van der Waals surface area contributed by atoms with Gasteiger partial charge in [-0.15, -0.1) is 0 Å². The Morgan fingerprint density at radius 1 is 1.04 bits per heavy atom. The Morgan fingerprint density at radius 3 is 2.18 bits per heavy atom. The summed E-state index contributed by atoms with van der Waals surface area (Å²) >= 11 is 0. The normalized spacial score (nSPS) is 17.2. The van der Waals surface area contributed by atoms with Gasteiger partial charge in [0.25, 0.3) is 0 Å². The Hall–Kier alpha value is -1.95. The summed E-state index contributed by atoms with van der Waals surface area (Å²) in [6.45, 7) is 7.60. The summed E-state index contributed by atoms with van der Waals surface area (Å²) in [5.74, 6) is -0.174. The van der Waals surface area contributed by atoms with Crippen LogP contribution in [0, 0.1) is 18.8 Å². The van der Waals surface area contributed by atoms with Gasteiger partial charge in [-0.2, -0.15) is 0 Å². The van der Waals surface area contributed by atoms with E-state index < -0.39 is 21.9 Å². The first-order valence-corrected chi connectivity index (χ1v) is 11.2. The van der Waals surface area contributed by atoms with Gasteiger partial charge in [0.1, 0.15) is 0 Å². The number of aliphatic hydroxyl groups excluding tert-OH is 2.